The summed E-state index contributed by atoms with van der Waals surface area (Å²) in [6, 6.07) is 12.2. The number of ether oxygens (including phenoxy) is 7. The highest BCUT2D eigenvalue weighted by atomic mass is 16.6. The number of carbonyl (C=O) groups excluding carboxylic acids is 3. The molecule has 4 rings (SSSR count). The molecule has 2 aromatic rings. The van der Waals surface area contributed by atoms with Crippen molar-refractivity contribution < 1.29 is 47.5 Å². The molecule has 0 spiro atoms. The second-order valence-corrected chi connectivity index (χ2v) is 14.8. The van der Waals surface area contributed by atoms with Gasteiger partial charge in [-0.2, -0.15) is 0 Å². The van der Waals surface area contributed by atoms with E-state index in [4.69, 9.17) is 38.9 Å². The number of hydrogen-bond acceptors (Lipinski definition) is 11. The Morgan fingerprint density at radius 1 is 0.818 bits per heavy atom. The molecule has 1 unspecified atom stereocenters. The molecule has 306 valence electrons. The molecular formula is C41H62N4O10. The van der Waals surface area contributed by atoms with E-state index in [1.807, 2.05) is 51.1 Å². The summed E-state index contributed by atoms with van der Waals surface area (Å²) in [4.78, 5) is 42.9. The number of methoxy groups -OCH3 is 1. The van der Waals surface area contributed by atoms with Crippen LogP contribution in [0.5, 0.6) is 5.75 Å². The first kappa shape index (κ1) is 44.1. The van der Waals surface area contributed by atoms with Crippen molar-refractivity contribution >= 4 is 17.7 Å². The number of carbonyl (C=O) groups is 3. The molecule has 0 saturated heterocycles. The highest BCUT2D eigenvalue weighted by Gasteiger charge is 2.42. The van der Waals surface area contributed by atoms with Gasteiger partial charge in [-0.3, -0.25) is 14.4 Å². The van der Waals surface area contributed by atoms with Crippen molar-refractivity contribution in [3.05, 3.63) is 64.7 Å². The zero-order chi connectivity index (χ0) is 39.5. The van der Waals surface area contributed by atoms with Crippen LogP contribution >= 0.6 is 0 Å². The molecule has 14 nitrogen and oxygen atoms in total. The maximum Gasteiger partial charge on any atom is 0.246 e. The van der Waals surface area contributed by atoms with Gasteiger partial charge in [-0.15, -0.1) is 0 Å². The lowest BCUT2D eigenvalue weighted by molar-refractivity contribution is -0.147. The van der Waals surface area contributed by atoms with Crippen LogP contribution in [-0.4, -0.2) is 128 Å². The van der Waals surface area contributed by atoms with Gasteiger partial charge in [0.05, 0.1) is 72.1 Å². The van der Waals surface area contributed by atoms with E-state index in [0.29, 0.717) is 91.4 Å². The van der Waals surface area contributed by atoms with Crippen molar-refractivity contribution in [3.63, 3.8) is 0 Å². The Kier molecular flexibility index (Phi) is 18.8. The van der Waals surface area contributed by atoms with Gasteiger partial charge in [-0.05, 0) is 59.1 Å². The van der Waals surface area contributed by atoms with Crippen LogP contribution < -0.4 is 21.1 Å². The monoisotopic (exact) mass is 770 g/mol. The fraction of sp³-hybridized carbons (Fsp3) is 0.634. The van der Waals surface area contributed by atoms with Crippen molar-refractivity contribution in [1.29, 1.82) is 0 Å². The highest BCUT2D eigenvalue weighted by Crippen LogP contribution is 2.33. The predicted molar refractivity (Wildman–Crippen MR) is 207 cm³/mol. The summed E-state index contributed by atoms with van der Waals surface area (Å²) in [6.07, 6.45) is 3.11. The van der Waals surface area contributed by atoms with Crippen molar-refractivity contribution in [2.45, 2.75) is 71.1 Å². The Balaban J connectivity index is 1.30. The van der Waals surface area contributed by atoms with Gasteiger partial charge < -0.3 is 54.4 Å². The van der Waals surface area contributed by atoms with Gasteiger partial charge in [0.15, 0.2) is 0 Å². The summed E-state index contributed by atoms with van der Waals surface area (Å²) in [7, 11) is 1.43. The molecule has 3 amide bonds. The third-order valence-electron chi connectivity index (χ3n) is 9.52. The molecule has 3 atom stereocenters. The van der Waals surface area contributed by atoms with E-state index in [1.54, 1.807) is 4.90 Å². The summed E-state index contributed by atoms with van der Waals surface area (Å²) in [5, 5.41) is 6.15. The fourth-order valence-corrected chi connectivity index (χ4v) is 6.72. The van der Waals surface area contributed by atoms with Crippen LogP contribution in [-0.2, 0) is 62.2 Å². The summed E-state index contributed by atoms with van der Waals surface area (Å²) in [5.41, 5.74) is 8.94. The lowest BCUT2D eigenvalue weighted by atomic mass is 9.84. The Morgan fingerprint density at radius 3 is 2.05 bits per heavy atom. The van der Waals surface area contributed by atoms with E-state index in [0.717, 1.165) is 36.0 Å². The van der Waals surface area contributed by atoms with Crippen LogP contribution in [0.2, 0.25) is 0 Å². The number of amides is 3. The summed E-state index contributed by atoms with van der Waals surface area (Å²) < 4.78 is 38.4. The zero-order valence-electron chi connectivity index (χ0n) is 33.1. The molecule has 55 heavy (non-hydrogen) atoms. The molecule has 14 heteroatoms. The highest BCUT2D eigenvalue weighted by molar-refractivity contribution is 5.93. The minimum atomic E-state index is -0.882. The van der Waals surface area contributed by atoms with Gasteiger partial charge in [-0.1, -0.05) is 51.1 Å². The maximum atomic E-state index is 14.4. The molecule has 1 aliphatic heterocycles. The number of benzene rings is 2. The van der Waals surface area contributed by atoms with Crippen LogP contribution in [0.25, 0.3) is 0 Å². The molecule has 0 saturated carbocycles. The number of nitrogens with zero attached hydrogens (tertiary/aromatic N) is 1. The van der Waals surface area contributed by atoms with E-state index >= 15 is 0 Å². The Bertz CT molecular complexity index is 1490. The van der Waals surface area contributed by atoms with Gasteiger partial charge in [0.25, 0.3) is 0 Å². The van der Waals surface area contributed by atoms with E-state index in [-0.39, 0.29) is 31.0 Å². The lowest BCUT2D eigenvalue weighted by Crippen LogP contribution is -2.61. The number of rotatable bonds is 24. The number of nitrogens with two attached hydrogens (primary N) is 1. The van der Waals surface area contributed by atoms with Gasteiger partial charge in [0, 0.05) is 26.6 Å². The maximum absolute atomic E-state index is 14.4. The normalized spacial score (nSPS) is 17.2. The Hall–Kier alpha value is -3.63. The lowest BCUT2D eigenvalue weighted by Gasteiger charge is -2.41. The van der Waals surface area contributed by atoms with Gasteiger partial charge in [0.2, 0.25) is 17.7 Å². The second-order valence-electron chi connectivity index (χ2n) is 14.8. The predicted octanol–water partition coefficient (Wildman–Crippen LogP) is 2.73. The summed E-state index contributed by atoms with van der Waals surface area (Å²) in [6.45, 7) is 11.2. The van der Waals surface area contributed by atoms with E-state index in [9.17, 15) is 14.4 Å². The van der Waals surface area contributed by atoms with Crippen molar-refractivity contribution in [2.75, 3.05) is 92.9 Å². The van der Waals surface area contributed by atoms with E-state index < -0.39 is 23.4 Å². The van der Waals surface area contributed by atoms with Crippen LogP contribution in [0, 0.1) is 5.41 Å². The molecule has 2 aliphatic rings. The summed E-state index contributed by atoms with van der Waals surface area (Å²) in [5.74, 6) is -0.298. The first-order valence-electron chi connectivity index (χ1n) is 19.4. The fourth-order valence-electron chi connectivity index (χ4n) is 6.72. The van der Waals surface area contributed by atoms with Crippen LogP contribution in [0.4, 0.5) is 0 Å². The third kappa shape index (κ3) is 14.4. The number of aryl methyl sites for hydroxylation is 1. The van der Waals surface area contributed by atoms with Gasteiger partial charge in [-0.25, -0.2) is 0 Å². The van der Waals surface area contributed by atoms with Gasteiger partial charge in [0.1, 0.15) is 31.0 Å². The smallest absolute Gasteiger partial charge is 0.246 e. The average molecular weight is 771 g/mol. The number of fused-ring (bicyclic) bond motifs is 2. The van der Waals surface area contributed by atoms with Crippen LogP contribution in [0.3, 0.4) is 0 Å². The molecule has 0 radical (unpaired) electrons. The average Bonchev–Trinajstić information content (AvgIpc) is 3.17. The van der Waals surface area contributed by atoms with Gasteiger partial charge >= 0.3 is 0 Å². The molecule has 1 aliphatic carbocycles. The Morgan fingerprint density at radius 2 is 1.44 bits per heavy atom. The first-order chi connectivity index (χ1) is 26.6. The standard InChI is InChI=1S/C41H62N4O10/c1-41(2,3)38(44-37(46)29-49-4)40(48)45-28-32-26-33(55-25-24-54-23-22-53-21-20-52-19-18-51-17-16-50-15-14-42)13-12-31(32)27-36(45)39(47)43-35-11-7-9-30-8-5-6-10-34(30)35/h5-6,8,10,12-13,26,35-36,38H,7,9,11,14-25,27-29,42H2,1-4H3,(H,43,47)(H,44,46)/t35-,36?,38-/m1/s1. The third-order valence-corrected chi connectivity index (χ3v) is 9.52. The zero-order valence-corrected chi connectivity index (χ0v) is 33.1. The molecule has 0 fully saturated rings. The quantitative estimate of drug-likeness (QED) is 0.134. The topological polar surface area (TPSA) is 169 Å². The molecular weight excluding hydrogens is 708 g/mol. The van der Waals surface area contributed by atoms with Crippen molar-refractivity contribution in [3.8, 4) is 5.75 Å². The number of hydrogen-bond donors (Lipinski definition) is 3. The Labute approximate surface area is 326 Å². The second kappa shape index (κ2) is 23.4. The van der Waals surface area contributed by atoms with E-state index in [1.165, 1.54) is 12.7 Å². The molecule has 2 aromatic carbocycles. The minimum absolute atomic E-state index is 0.136. The van der Waals surface area contributed by atoms with Crippen molar-refractivity contribution in [2.24, 2.45) is 11.1 Å². The molecule has 1 heterocycles. The first-order valence-corrected chi connectivity index (χ1v) is 19.4. The summed E-state index contributed by atoms with van der Waals surface area (Å²) >= 11 is 0. The van der Waals surface area contributed by atoms with E-state index in [2.05, 4.69) is 22.8 Å². The molecule has 0 aromatic heterocycles. The van der Waals surface area contributed by atoms with Crippen molar-refractivity contribution in [1.82, 2.24) is 15.5 Å². The minimum Gasteiger partial charge on any atom is -0.491 e. The van der Waals surface area contributed by atoms with Crippen LogP contribution in [0.15, 0.2) is 42.5 Å². The SMILES string of the molecule is COCC(=O)N[C@H](C(=O)N1Cc2cc(OCCOCCOCCOCCOCCOCCN)ccc2CC1C(=O)N[C@@H]1CCCc2ccccc21)C(C)(C)C. The molecule has 0 bridgehead atoms. The number of nitrogens with one attached hydrogen (secondary N) is 2. The molecule has 4 N–H and O–H groups in total. The van der Waals surface area contributed by atoms with Crippen LogP contribution in [0.1, 0.15) is 61.9 Å². The largest absolute Gasteiger partial charge is 0.491 e.